The van der Waals surface area contributed by atoms with Gasteiger partial charge in [0.1, 0.15) is 5.75 Å². The minimum atomic E-state index is -3.23. The van der Waals surface area contributed by atoms with Gasteiger partial charge in [-0.25, -0.2) is 17.9 Å². The van der Waals surface area contributed by atoms with Crippen molar-refractivity contribution in [3.63, 3.8) is 0 Å². The monoisotopic (exact) mass is 483 g/mol. The molecular formula is C26H45NO5S. The first-order valence-corrected chi connectivity index (χ1v) is 14.5. The molecule has 1 aromatic carbocycles. The zero-order chi connectivity index (χ0) is 24.2. The number of ether oxygens (including phenoxy) is 1. The second kappa shape index (κ2) is 18.8. The number of sulfonamides is 1. The molecule has 0 unspecified atom stereocenters. The predicted molar refractivity (Wildman–Crippen MR) is 135 cm³/mol. The number of rotatable bonds is 22. The molecule has 0 aliphatic rings. The Morgan fingerprint density at radius 3 is 1.79 bits per heavy atom. The maximum atomic E-state index is 12.2. The molecule has 0 aromatic heterocycles. The maximum Gasteiger partial charge on any atom is 0.341 e. The molecule has 33 heavy (non-hydrogen) atoms. The van der Waals surface area contributed by atoms with Crippen LogP contribution < -0.4 is 9.46 Å². The fourth-order valence-corrected chi connectivity index (χ4v) is 4.95. The lowest BCUT2D eigenvalue weighted by Gasteiger charge is -2.08. The first kappa shape index (κ1) is 29.4. The van der Waals surface area contributed by atoms with E-state index in [2.05, 4.69) is 11.6 Å². The van der Waals surface area contributed by atoms with Crippen molar-refractivity contribution in [2.24, 2.45) is 0 Å². The van der Waals surface area contributed by atoms with E-state index in [-0.39, 0.29) is 12.4 Å². The summed E-state index contributed by atoms with van der Waals surface area (Å²) in [5.41, 5.74) is 0.969. The maximum absolute atomic E-state index is 12.2. The summed E-state index contributed by atoms with van der Waals surface area (Å²) in [7, 11) is -3.23. The van der Waals surface area contributed by atoms with E-state index in [1.54, 1.807) is 12.1 Å². The van der Waals surface area contributed by atoms with Gasteiger partial charge in [-0.2, -0.15) is 0 Å². The van der Waals surface area contributed by atoms with Crippen LogP contribution in [0.25, 0.3) is 0 Å². The van der Waals surface area contributed by atoms with E-state index >= 15 is 0 Å². The lowest BCUT2D eigenvalue weighted by molar-refractivity contribution is -0.139. The lowest BCUT2D eigenvalue weighted by atomic mass is 10.0. The lowest BCUT2D eigenvalue weighted by Crippen LogP contribution is -2.28. The summed E-state index contributed by atoms with van der Waals surface area (Å²) in [6.45, 7) is 2.24. The number of nitrogens with one attached hydrogen (secondary N) is 1. The van der Waals surface area contributed by atoms with Crippen LogP contribution in [0.3, 0.4) is 0 Å². The second-order valence-corrected chi connectivity index (χ2v) is 10.8. The molecule has 0 spiro atoms. The minimum absolute atomic E-state index is 0.187. The molecule has 0 bridgehead atoms. The van der Waals surface area contributed by atoms with Crippen molar-refractivity contribution in [2.45, 2.75) is 103 Å². The van der Waals surface area contributed by atoms with Crippen molar-refractivity contribution in [1.29, 1.82) is 0 Å². The molecule has 0 saturated heterocycles. The second-order valence-electron chi connectivity index (χ2n) is 8.89. The molecule has 7 heteroatoms. The zero-order valence-corrected chi connectivity index (χ0v) is 21.3. The van der Waals surface area contributed by atoms with Crippen LogP contribution in [0, 0.1) is 0 Å². The number of carbonyl (C=O) groups is 1. The van der Waals surface area contributed by atoms with Crippen LogP contribution >= 0.6 is 0 Å². The van der Waals surface area contributed by atoms with Crippen molar-refractivity contribution in [1.82, 2.24) is 4.72 Å². The van der Waals surface area contributed by atoms with Crippen molar-refractivity contribution >= 4 is 16.0 Å². The highest BCUT2D eigenvalue weighted by molar-refractivity contribution is 7.89. The number of benzene rings is 1. The highest BCUT2D eigenvalue weighted by atomic mass is 32.2. The molecule has 0 atom stereocenters. The zero-order valence-electron chi connectivity index (χ0n) is 20.5. The fraction of sp³-hybridized carbons (Fsp3) is 0.731. The van der Waals surface area contributed by atoms with Crippen molar-refractivity contribution in [3.05, 3.63) is 29.8 Å². The number of carboxylic acid groups (broad SMARTS) is 1. The number of hydrogen-bond acceptors (Lipinski definition) is 4. The molecule has 0 aliphatic carbocycles. The molecule has 2 N–H and O–H groups in total. The van der Waals surface area contributed by atoms with E-state index in [9.17, 15) is 13.2 Å². The van der Waals surface area contributed by atoms with Gasteiger partial charge in [-0.1, -0.05) is 103 Å². The Kier molecular flexibility index (Phi) is 16.8. The van der Waals surface area contributed by atoms with E-state index in [0.29, 0.717) is 25.1 Å². The summed E-state index contributed by atoms with van der Waals surface area (Å²) in [5.74, 6) is -0.348. The van der Waals surface area contributed by atoms with E-state index in [1.807, 2.05) is 12.1 Å². The molecule has 1 aromatic rings. The van der Waals surface area contributed by atoms with Gasteiger partial charge in [0.15, 0.2) is 6.61 Å². The standard InChI is InChI=1S/C26H45NO5S/c1-2-3-4-5-6-7-8-9-10-11-12-13-14-15-22-33(30,31)27-21-20-24-16-18-25(19-17-24)32-23-26(28)29/h16-19,27H,2-15,20-23H2,1H3,(H,28,29). The molecule has 0 radical (unpaired) electrons. The van der Waals surface area contributed by atoms with E-state index in [4.69, 9.17) is 9.84 Å². The Labute approximate surface area is 201 Å². The molecular weight excluding hydrogens is 438 g/mol. The smallest absolute Gasteiger partial charge is 0.341 e. The van der Waals surface area contributed by atoms with Gasteiger partial charge in [0.2, 0.25) is 10.0 Å². The summed E-state index contributed by atoms with van der Waals surface area (Å²) < 4.78 is 32.1. The molecule has 190 valence electrons. The number of carboxylic acids is 1. The van der Waals surface area contributed by atoms with Crippen molar-refractivity contribution in [2.75, 3.05) is 18.9 Å². The molecule has 0 aliphatic heterocycles. The van der Waals surface area contributed by atoms with Gasteiger partial charge >= 0.3 is 5.97 Å². The van der Waals surface area contributed by atoms with Gasteiger partial charge in [-0.3, -0.25) is 0 Å². The highest BCUT2D eigenvalue weighted by Crippen LogP contribution is 2.14. The van der Waals surface area contributed by atoms with Gasteiger partial charge in [0.05, 0.1) is 5.75 Å². The normalized spacial score (nSPS) is 11.5. The first-order chi connectivity index (χ1) is 15.9. The van der Waals surface area contributed by atoms with Gasteiger partial charge < -0.3 is 9.84 Å². The Morgan fingerprint density at radius 2 is 1.30 bits per heavy atom. The van der Waals surface area contributed by atoms with Crippen LogP contribution in [-0.4, -0.2) is 38.4 Å². The summed E-state index contributed by atoms with van der Waals surface area (Å²) in [5, 5.41) is 8.61. The Bertz CT molecular complexity index is 719. The third-order valence-corrected chi connectivity index (χ3v) is 7.26. The number of aliphatic carboxylic acids is 1. The largest absolute Gasteiger partial charge is 0.482 e. The van der Waals surface area contributed by atoms with Crippen LogP contribution in [0.5, 0.6) is 5.75 Å². The van der Waals surface area contributed by atoms with Gasteiger partial charge in [0, 0.05) is 6.54 Å². The van der Waals surface area contributed by atoms with E-state index in [1.165, 1.54) is 70.6 Å². The van der Waals surface area contributed by atoms with Gasteiger partial charge in [-0.15, -0.1) is 0 Å². The van der Waals surface area contributed by atoms with Crippen molar-refractivity contribution in [3.8, 4) is 5.75 Å². The average molecular weight is 484 g/mol. The van der Waals surface area contributed by atoms with E-state index in [0.717, 1.165) is 18.4 Å². The van der Waals surface area contributed by atoms with Crippen LogP contribution in [0.1, 0.15) is 102 Å². The third kappa shape index (κ3) is 17.5. The Balaban J connectivity index is 1.98. The summed E-state index contributed by atoms with van der Waals surface area (Å²) in [4.78, 5) is 10.5. The minimum Gasteiger partial charge on any atom is -0.482 e. The van der Waals surface area contributed by atoms with Crippen LogP contribution in [-0.2, 0) is 21.2 Å². The van der Waals surface area contributed by atoms with Crippen LogP contribution in [0.4, 0.5) is 0 Å². The Hall–Kier alpha value is -1.60. The topological polar surface area (TPSA) is 92.7 Å². The molecule has 0 saturated carbocycles. The Morgan fingerprint density at radius 1 is 0.818 bits per heavy atom. The number of unbranched alkanes of at least 4 members (excludes halogenated alkanes) is 13. The van der Waals surface area contributed by atoms with E-state index < -0.39 is 16.0 Å². The SMILES string of the molecule is CCCCCCCCCCCCCCCCS(=O)(=O)NCCc1ccc(OCC(=O)O)cc1. The van der Waals surface area contributed by atoms with Gasteiger partial charge in [-0.05, 0) is 30.5 Å². The number of hydrogen-bond donors (Lipinski definition) is 2. The molecule has 0 heterocycles. The molecule has 0 fully saturated rings. The summed E-state index contributed by atoms with van der Waals surface area (Å²) in [6, 6.07) is 7.03. The first-order valence-electron chi connectivity index (χ1n) is 12.8. The predicted octanol–water partition coefficient (Wildman–Crippen LogP) is 6.09. The fourth-order valence-electron chi connectivity index (χ4n) is 3.81. The van der Waals surface area contributed by atoms with Crippen LogP contribution in [0.2, 0.25) is 0 Å². The average Bonchev–Trinajstić information content (AvgIpc) is 2.78. The van der Waals surface area contributed by atoms with Crippen molar-refractivity contribution < 1.29 is 23.1 Å². The quantitative estimate of drug-likeness (QED) is 0.195. The highest BCUT2D eigenvalue weighted by Gasteiger charge is 2.09. The summed E-state index contributed by atoms with van der Waals surface area (Å²) >= 11 is 0. The molecule has 0 amide bonds. The summed E-state index contributed by atoms with van der Waals surface area (Å²) in [6.07, 6.45) is 18.1. The molecule has 1 rings (SSSR count). The van der Waals surface area contributed by atoms with Crippen LogP contribution in [0.15, 0.2) is 24.3 Å². The third-order valence-electron chi connectivity index (χ3n) is 5.79. The van der Waals surface area contributed by atoms with Gasteiger partial charge in [0.25, 0.3) is 0 Å². The molecule has 6 nitrogen and oxygen atoms in total.